The molecule has 3 aromatic rings. The Morgan fingerprint density at radius 2 is 1.75 bits per heavy atom. The van der Waals surface area contributed by atoms with Crippen LogP contribution in [0.2, 0.25) is 0 Å². The van der Waals surface area contributed by atoms with Crippen LogP contribution in [-0.2, 0) is 11.3 Å². The number of fused-ring (bicyclic) bond motifs is 1. The highest BCUT2D eigenvalue weighted by Gasteiger charge is 2.36. The molecule has 1 amide bonds. The summed E-state index contributed by atoms with van der Waals surface area (Å²) >= 11 is 1.50. The van der Waals surface area contributed by atoms with Crippen molar-refractivity contribution in [2.24, 2.45) is 10.2 Å². The van der Waals surface area contributed by atoms with Crippen molar-refractivity contribution in [3.8, 4) is 0 Å². The van der Waals surface area contributed by atoms with E-state index in [1.165, 1.54) is 17.1 Å². The molecule has 1 fully saturated rings. The van der Waals surface area contributed by atoms with Gasteiger partial charge in [0.2, 0.25) is 5.91 Å². The van der Waals surface area contributed by atoms with Gasteiger partial charge in [0.15, 0.2) is 5.17 Å². The molecular formula is C23H21N3OS. The Balaban J connectivity index is 1.60. The lowest BCUT2D eigenvalue weighted by molar-refractivity contribution is -0.126. The summed E-state index contributed by atoms with van der Waals surface area (Å²) < 4.78 is 0. The molecule has 28 heavy (non-hydrogen) atoms. The second-order valence-electron chi connectivity index (χ2n) is 6.62. The van der Waals surface area contributed by atoms with Gasteiger partial charge in [0, 0.05) is 5.56 Å². The SMILES string of the molecule is CCC1S/C(=N/N=C/c2cccc3ccccc23)N(Cc2ccccc2)C1=O. The van der Waals surface area contributed by atoms with Gasteiger partial charge in [0.1, 0.15) is 0 Å². The minimum atomic E-state index is -0.0878. The number of hydrogen-bond donors (Lipinski definition) is 0. The third kappa shape index (κ3) is 3.85. The van der Waals surface area contributed by atoms with Gasteiger partial charge in [-0.3, -0.25) is 9.69 Å². The normalized spacial score (nSPS) is 18.6. The van der Waals surface area contributed by atoms with E-state index >= 15 is 0 Å². The van der Waals surface area contributed by atoms with E-state index < -0.39 is 0 Å². The summed E-state index contributed by atoms with van der Waals surface area (Å²) in [6.07, 6.45) is 2.54. The first-order valence-corrected chi connectivity index (χ1v) is 10.2. The van der Waals surface area contributed by atoms with Crippen LogP contribution in [0.15, 0.2) is 83.0 Å². The molecule has 1 heterocycles. The number of nitrogens with zero attached hydrogens (tertiary/aromatic N) is 3. The molecule has 5 heteroatoms. The number of thioether (sulfide) groups is 1. The Morgan fingerprint density at radius 3 is 2.57 bits per heavy atom. The first-order valence-electron chi connectivity index (χ1n) is 9.37. The largest absolute Gasteiger partial charge is 0.284 e. The maximum absolute atomic E-state index is 12.7. The Morgan fingerprint density at radius 1 is 1.00 bits per heavy atom. The Kier molecular flexibility index (Phi) is 5.53. The number of rotatable bonds is 5. The topological polar surface area (TPSA) is 45.0 Å². The molecule has 140 valence electrons. The van der Waals surface area contributed by atoms with Crippen LogP contribution in [0.1, 0.15) is 24.5 Å². The number of carbonyl (C=O) groups is 1. The maximum Gasteiger partial charge on any atom is 0.242 e. The van der Waals surface area contributed by atoms with Crippen LogP contribution >= 0.6 is 11.8 Å². The third-order valence-electron chi connectivity index (χ3n) is 4.74. The lowest BCUT2D eigenvalue weighted by Crippen LogP contribution is -2.31. The van der Waals surface area contributed by atoms with Crippen molar-refractivity contribution in [1.29, 1.82) is 0 Å². The molecule has 0 aliphatic carbocycles. The fraction of sp³-hybridized carbons (Fsp3) is 0.174. The molecule has 1 atom stereocenters. The van der Waals surface area contributed by atoms with Gasteiger partial charge in [-0.25, -0.2) is 0 Å². The summed E-state index contributed by atoms with van der Waals surface area (Å²) in [5.41, 5.74) is 2.09. The molecule has 1 aliphatic heterocycles. The van der Waals surface area contributed by atoms with Crippen molar-refractivity contribution in [3.63, 3.8) is 0 Å². The molecule has 1 unspecified atom stereocenters. The average molecular weight is 388 g/mol. The zero-order valence-corrected chi connectivity index (χ0v) is 16.5. The van der Waals surface area contributed by atoms with Gasteiger partial charge in [-0.15, -0.1) is 5.10 Å². The van der Waals surface area contributed by atoms with Crippen LogP contribution in [0.3, 0.4) is 0 Å². The van der Waals surface area contributed by atoms with E-state index in [4.69, 9.17) is 0 Å². The molecule has 3 aromatic carbocycles. The number of benzene rings is 3. The molecule has 4 rings (SSSR count). The highest BCUT2D eigenvalue weighted by molar-refractivity contribution is 8.15. The highest BCUT2D eigenvalue weighted by atomic mass is 32.2. The van der Waals surface area contributed by atoms with Gasteiger partial charge in [0.05, 0.1) is 18.0 Å². The fourth-order valence-corrected chi connectivity index (χ4v) is 4.29. The van der Waals surface area contributed by atoms with Gasteiger partial charge in [-0.05, 0) is 22.8 Å². The van der Waals surface area contributed by atoms with Gasteiger partial charge in [0.25, 0.3) is 0 Å². The van der Waals surface area contributed by atoms with Crippen LogP contribution in [0.4, 0.5) is 0 Å². The standard InChI is InChI=1S/C23H21N3OS/c1-2-21-22(27)26(16-17-9-4-3-5-10-17)23(28-21)25-24-15-19-13-8-12-18-11-6-7-14-20(18)19/h3-15,21H,2,16H2,1H3/b24-15+,25-23+. The van der Waals surface area contributed by atoms with E-state index in [1.807, 2.05) is 61.5 Å². The predicted molar refractivity (Wildman–Crippen MR) is 118 cm³/mol. The first kappa shape index (κ1) is 18.4. The van der Waals surface area contributed by atoms with Crippen molar-refractivity contribution >= 4 is 39.8 Å². The average Bonchev–Trinajstić information content (AvgIpc) is 3.04. The lowest BCUT2D eigenvalue weighted by Gasteiger charge is -2.15. The van der Waals surface area contributed by atoms with Crippen molar-refractivity contribution < 1.29 is 4.79 Å². The van der Waals surface area contributed by atoms with E-state index in [1.54, 1.807) is 11.1 Å². The van der Waals surface area contributed by atoms with Crippen LogP contribution in [0.5, 0.6) is 0 Å². The molecule has 0 saturated carbocycles. The molecule has 1 aliphatic rings. The summed E-state index contributed by atoms with van der Waals surface area (Å²) in [4.78, 5) is 14.5. The van der Waals surface area contributed by atoms with E-state index in [2.05, 4.69) is 28.4 Å². The van der Waals surface area contributed by atoms with E-state index in [-0.39, 0.29) is 11.2 Å². The minimum Gasteiger partial charge on any atom is -0.284 e. The lowest BCUT2D eigenvalue weighted by atomic mass is 10.1. The van der Waals surface area contributed by atoms with Crippen molar-refractivity contribution in [2.45, 2.75) is 25.1 Å². The summed E-state index contributed by atoms with van der Waals surface area (Å²) in [7, 11) is 0. The van der Waals surface area contributed by atoms with Crippen molar-refractivity contribution in [2.75, 3.05) is 0 Å². The first-order chi connectivity index (χ1) is 13.8. The summed E-state index contributed by atoms with van der Waals surface area (Å²) in [6, 6.07) is 24.3. The molecule has 0 bridgehead atoms. The summed E-state index contributed by atoms with van der Waals surface area (Å²) in [6.45, 7) is 2.55. The Hall–Kier alpha value is -2.92. The van der Waals surface area contributed by atoms with Crippen LogP contribution < -0.4 is 0 Å². The van der Waals surface area contributed by atoms with Crippen LogP contribution in [0, 0.1) is 0 Å². The van der Waals surface area contributed by atoms with Gasteiger partial charge >= 0.3 is 0 Å². The van der Waals surface area contributed by atoms with Crippen molar-refractivity contribution in [1.82, 2.24) is 4.90 Å². The predicted octanol–water partition coefficient (Wildman–Crippen LogP) is 5.08. The molecule has 4 nitrogen and oxygen atoms in total. The molecule has 0 spiro atoms. The highest BCUT2D eigenvalue weighted by Crippen LogP contribution is 2.30. The Bertz CT molecular complexity index is 1040. The minimum absolute atomic E-state index is 0.0878. The quantitative estimate of drug-likeness (QED) is 0.452. The van der Waals surface area contributed by atoms with Crippen LogP contribution in [0.25, 0.3) is 10.8 Å². The van der Waals surface area contributed by atoms with Crippen LogP contribution in [-0.4, -0.2) is 27.4 Å². The zero-order valence-electron chi connectivity index (χ0n) is 15.7. The number of amides is 1. The Labute approximate surface area is 169 Å². The molecule has 0 radical (unpaired) electrons. The van der Waals surface area contributed by atoms with E-state index in [9.17, 15) is 4.79 Å². The van der Waals surface area contributed by atoms with Gasteiger partial charge in [-0.2, -0.15) is 5.10 Å². The second-order valence-corrected chi connectivity index (χ2v) is 7.79. The number of carbonyl (C=O) groups excluding carboxylic acids is 1. The van der Waals surface area contributed by atoms with Gasteiger partial charge in [-0.1, -0.05) is 91.5 Å². The molecule has 0 N–H and O–H groups in total. The smallest absolute Gasteiger partial charge is 0.242 e. The van der Waals surface area contributed by atoms with E-state index in [0.717, 1.165) is 22.9 Å². The fourth-order valence-electron chi connectivity index (χ4n) is 3.26. The van der Waals surface area contributed by atoms with Gasteiger partial charge < -0.3 is 0 Å². The monoisotopic (exact) mass is 387 g/mol. The maximum atomic E-state index is 12.7. The molecule has 0 aromatic heterocycles. The van der Waals surface area contributed by atoms with Crippen molar-refractivity contribution in [3.05, 3.63) is 83.9 Å². The zero-order chi connectivity index (χ0) is 19.3. The molecule has 1 saturated heterocycles. The number of amidine groups is 1. The number of hydrogen-bond acceptors (Lipinski definition) is 4. The molecular weight excluding hydrogens is 366 g/mol. The van der Waals surface area contributed by atoms with E-state index in [0.29, 0.717) is 11.7 Å². The summed E-state index contributed by atoms with van der Waals surface area (Å²) in [5.74, 6) is 0.107. The third-order valence-corrected chi connectivity index (χ3v) is 6.07. The second kappa shape index (κ2) is 8.40. The summed E-state index contributed by atoms with van der Waals surface area (Å²) in [5, 5.41) is 11.6.